The highest BCUT2D eigenvalue weighted by molar-refractivity contribution is 9.10. The summed E-state index contributed by atoms with van der Waals surface area (Å²) in [6.45, 7) is 2.16. The van der Waals surface area contributed by atoms with Crippen LogP contribution in [0.1, 0.15) is 12.5 Å². The zero-order valence-electron chi connectivity index (χ0n) is 8.37. The topological polar surface area (TPSA) is 0 Å². The van der Waals surface area contributed by atoms with E-state index in [1.807, 2.05) is 0 Å². The van der Waals surface area contributed by atoms with E-state index in [1.54, 1.807) is 12.1 Å². The average Bonchev–Trinajstić information content (AvgIpc) is 2.23. The summed E-state index contributed by atoms with van der Waals surface area (Å²) < 4.78 is 14.1. The molecule has 0 unspecified atom stereocenters. The van der Waals surface area contributed by atoms with Gasteiger partial charge in [0, 0.05) is 15.1 Å². The first kappa shape index (κ1) is 13.7. The average molecular weight is 403 g/mol. The highest BCUT2D eigenvalue weighted by Crippen LogP contribution is 2.30. The van der Waals surface area contributed by atoms with Crippen molar-refractivity contribution in [2.75, 3.05) is 10.7 Å². The number of alkyl halides is 2. The summed E-state index contributed by atoms with van der Waals surface area (Å²) in [6, 6.07) is 4.81. The second kappa shape index (κ2) is 5.78. The van der Waals surface area contributed by atoms with Crippen LogP contribution in [0.15, 0.2) is 22.7 Å². The standard InChI is InChI=1S/C11H12Br3F/c1-11(6-12,7-13)5-8-4-9(15)2-3-10(8)14/h2-4H,5-7H2,1H3. The monoisotopic (exact) mass is 400 g/mol. The van der Waals surface area contributed by atoms with E-state index >= 15 is 0 Å². The number of halogens is 4. The van der Waals surface area contributed by atoms with Crippen LogP contribution in [0.25, 0.3) is 0 Å². The van der Waals surface area contributed by atoms with Crippen molar-refractivity contribution in [3.63, 3.8) is 0 Å². The SMILES string of the molecule is CC(CBr)(CBr)Cc1cc(F)ccc1Br. The molecule has 0 aliphatic rings. The van der Waals surface area contributed by atoms with Gasteiger partial charge in [-0.3, -0.25) is 0 Å². The first-order valence-electron chi connectivity index (χ1n) is 4.56. The lowest BCUT2D eigenvalue weighted by Gasteiger charge is -2.25. The van der Waals surface area contributed by atoms with Gasteiger partial charge in [-0.25, -0.2) is 4.39 Å². The lowest BCUT2D eigenvalue weighted by Crippen LogP contribution is -2.23. The maximum atomic E-state index is 13.1. The van der Waals surface area contributed by atoms with E-state index in [2.05, 4.69) is 54.7 Å². The maximum Gasteiger partial charge on any atom is 0.123 e. The Morgan fingerprint density at radius 2 is 1.87 bits per heavy atom. The van der Waals surface area contributed by atoms with Crippen molar-refractivity contribution < 1.29 is 4.39 Å². The zero-order chi connectivity index (χ0) is 11.5. The summed E-state index contributed by atoms with van der Waals surface area (Å²) in [4.78, 5) is 0. The molecule has 0 N–H and O–H groups in total. The van der Waals surface area contributed by atoms with Gasteiger partial charge >= 0.3 is 0 Å². The van der Waals surface area contributed by atoms with Crippen LogP contribution in [-0.4, -0.2) is 10.7 Å². The molecule has 15 heavy (non-hydrogen) atoms. The molecule has 0 bridgehead atoms. The van der Waals surface area contributed by atoms with E-state index in [-0.39, 0.29) is 11.2 Å². The normalized spacial score (nSPS) is 11.8. The molecule has 0 atom stereocenters. The smallest absolute Gasteiger partial charge is 0.123 e. The molecule has 0 aliphatic heterocycles. The summed E-state index contributed by atoms with van der Waals surface area (Å²) >= 11 is 10.4. The predicted molar refractivity (Wildman–Crippen MR) is 73.5 cm³/mol. The molecule has 1 aromatic rings. The van der Waals surface area contributed by atoms with Crippen LogP contribution < -0.4 is 0 Å². The Morgan fingerprint density at radius 3 is 2.40 bits per heavy atom. The van der Waals surface area contributed by atoms with E-state index in [1.165, 1.54) is 6.07 Å². The molecule has 4 heteroatoms. The molecule has 1 rings (SSSR count). The zero-order valence-corrected chi connectivity index (χ0v) is 13.1. The van der Waals surface area contributed by atoms with Gasteiger partial charge in [-0.1, -0.05) is 54.7 Å². The third-order valence-corrected chi connectivity index (χ3v) is 5.75. The largest absolute Gasteiger partial charge is 0.207 e. The molecule has 0 saturated carbocycles. The Kier molecular flexibility index (Phi) is 5.26. The van der Waals surface area contributed by atoms with Gasteiger partial charge in [-0.15, -0.1) is 0 Å². The van der Waals surface area contributed by atoms with Crippen molar-refractivity contribution in [1.29, 1.82) is 0 Å². The Hall–Kier alpha value is 0.590. The van der Waals surface area contributed by atoms with Crippen LogP contribution >= 0.6 is 47.8 Å². The van der Waals surface area contributed by atoms with Crippen molar-refractivity contribution in [1.82, 2.24) is 0 Å². The molecule has 1 aromatic carbocycles. The molecular formula is C11H12Br3F. The van der Waals surface area contributed by atoms with Gasteiger partial charge in [0.2, 0.25) is 0 Å². The molecule has 0 nitrogen and oxygen atoms in total. The summed E-state index contributed by atoms with van der Waals surface area (Å²) in [5.41, 5.74) is 1.12. The molecule has 0 aliphatic carbocycles. The second-order valence-corrected chi connectivity index (χ2v) is 5.97. The van der Waals surface area contributed by atoms with Crippen molar-refractivity contribution in [3.8, 4) is 0 Å². The molecule has 0 radical (unpaired) electrons. The highest BCUT2D eigenvalue weighted by atomic mass is 79.9. The fourth-order valence-electron chi connectivity index (χ4n) is 1.27. The molecule has 0 aromatic heterocycles. The number of benzene rings is 1. The Morgan fingerprint density at radius 1 is 1.27 bits per heavy atom. The summed E-state index contributed by atoms with van der Waals surface area (Å²) in [5.74, 6) is -0.181. The van der Waals surface area contributed by atoms with Gasteiger partial charge in [-0.2, -0.15) is 0 Å². The van der Waals surface area contributed by atoms with Crippen LogP contribution in [-0.2, 0) is 6.42 Å². The predicted octanol–water partition coefficient (Wildman–Crippen LogP) is 4.93. The van der Waals surface area contributed by atoms with Gasteiger partial charge in [-0.05, 0) is 35.6 Å². The van der Waals surface area contributed by atoms with Gasteiger partial charge in [0.1, 0.15) is 5.82 Å². The first-order chi connectivity index (χ1) is 7.00. The van der Waals surface area contributed by atoms with E-state index < -0.39 is 0 Å². The summed E-state index contributed by atoms with van der Waals surface area (Å²) in [6.07, 6.45) is 0.835. The molecule has 0 amide bonds. The lowest BCUT2D eigenvalue weighted by molar-refractivity contribution is 0.436. The molecule has 0 saturated heterocycles. The number of hydrogen-bond donors (Lipinski definition) is 0. The van der Waals surface area contributed by atoms with Gasteiger partial charge in [0.15, 0.2) is 0 Å². The third-order valence-electron chi connectivity index (χ3n) is 2.27. The van der Waals surface area contributed by atoms with Crippen LogP contribution in [0.3, 0.4) is 0 Å². The van der Waals surface area contributed by atoms with E-state index in [0.717, 1.165) is 27.1 Å². The van der Waals surface area contributed by atoms with Crippen LogP contribution in [0.2, 0.25) is 0 Å². The molecule has 0 spiro atoms. The Labute approximate surface area is 115 Å². The minimum absolute atomic E-state index is 0.107. The fraction of sp³-hybridized carbons (Fsp3) is 0.455. The van der Waals surface area contributed by atoms with Gasteiger partial charge in [0.25, 0.3) is 0 Å². The Balaban J connectivity index is 2.92. The number of rotatable bonds is 4. The van der Waals surface area contributed by atoms with Crippen molar-refractivity contribution in [2.24, 2.45) is 5.41 Å². The number of hydrogen-bond acceptors (Lipinski definition) is 0. The van der Waals surface area contributed by atoms with Gasteiger partial charge in [0.05, 0.1) is 0 Å². The fourth-order valence-corrected chi connectivity index (χ4v) is 2.98. The van der Waals surface area contributed by atoms with Crippen LogP contribution in [0, 0.1) is 11.2 Å². The minimum atomic E-state index is -0.181. The molecule has 0 fully saturated rings. The van der Waals surface area contributed by atoms with Crippen LogP contribution in [0.4, 0.5) is 4.39 Å². The summed E-state index contributed by atoms with van der Waals surface area (Å²) in [7, 11) is 0. The molecule has 0 heterocycles. The quantitative estimate of drug-likeness (QED) is 0.626. The Bertz CT molecular complexity index is 335. The highest BCUT2D eigenvalue weighted by Gasteiger charge is 2.23. The third kappa shape index (κ3) is 3.82. The maximum absolute atomic E-state index is 13.1. The van der Waals surface area contributed by atoms with E-state index in [4.69, 9.17) is 0 Å². The van der Waals surface area contributed by atoms with E-state index in [0.29, 0.717) is 0 Å². The second-order valence-electron chi connectivity index (χ2n) is 3.99. The van der Waals surface area contributed by atoms with Crippen molar-refractivity contribution in [2.45, 2.75) is 13.3 Å². The minimum Gasteiger partial charge on any atom is -0.207 e. The van der Waals surface area contributed by atoms with E-state index in [9.17, 15) is 4.39 Å². The molecule has 84 valence electrons. The van der Waals surface area contributed by atoms with Crippen molar-refractivity contribution >= 4 is 47.8 Å². The van der Waals surface area contributed by atoms with Gasteiger partial charge < -0.3 is 0 Å². The first-order valence-corrected chi connectivity index (χ1v) is 7.60. The molecular weight excluding hydrogens is 391 g/mol. The van der Waals surface area contributed by atoms with Crippen LogP contribution in [0.5, 0.6) is 0 Å². The summed E-state index contributed by atoms with van der Waals surface area (Å²) in [5, 5.41) is 1.77. The van der Waals surface area contributed by atoms with Crippen molar-refractivity contribution in [3.05, 3.63) is 34.1 Å². The lowest BCUT2D eigenvalue weighted by atomic mass is 9.88.